The van der Waals surface area contributed by atoms with Crippen molar-refractivity contribution in [3.8, 4) is 0 Å². The minimum atomic E-state index is -0.0603. The van der Waals surface area contributed by atoms with Crippen molar-refractivity contribution in [2.24, 2.45) is 0 Å². The van der Waals surface area contributed by atoms with Crippen LogP contribution in [-0.4, -0.2) is 12.6 Å². The molecule has 0 aromatic carbocycles. The largest absolute Gasteiger partial charge is 0.461 e. The maximum absolute atomic E-state index is 11.5. The molecule has 0 aliphatic carbocycles. The van der Waals surface area contributed by atoms with Crippen LogP contribution in [0, 0.1) is 0 Å². The maximum atomic E-state index is 11.5. The summed E-state index contributed by atoms with van der Waals surface area (Å²) in [5, 5.41) is 0. The van der Waals surface area contributed by atoms with Crippen LogP contribution < -0.4 is 0 Å². The highest BCUT2D eigenvalue weighted by Crippen LogP contribution is 2.08. The van der Waals surface area contributed by atoms with E-state index in [9.17, 15) is 4.79 Å². The lowest BCUT2D eigenvalue weighted by atomic mass is 10.1. The molecule has 0 aromatic rings. The van der Waals surface area contributed by atoms with Gasteiger partial charge in [-0.05, 0) is 46.1 Å². The fourth-order valence-electron chi connectivity index (χ4n) is 1.91. The lowest BCUT2D eigenvalue weighted by molar-refractivity contribution is -0.142. The zero-order valence-electron chi connectivity index (χ0n) is 13.8. The van der Waals surface area contributed by atoms with E-state index in [-0.39, 0.29) is 5.97 Å². The molecule has 20 heavy (non-hydrogen) atoms. The van der Waals surface area contributed by atoms with E-state index in [0.29, 0.717) is 13.0 Å². The van der Waals surface area contributed by atoms with Gasteiger partial charge >= 0.3 is 5.97 Å². The Labute approximate surface area is 125 Å². The van der Waals surface area contributed by atoms with Crippen LogP contribution in [0.15, 0.2) is 23.3 Å². The van der Waals surface area contributed by atoms with Gasteiger partial charge in [0.05, 0.1) is 0 Å². The summed E-state index contributed by atoms with van der Waals surface area (Å²) in [7, 11) is 0. The molecule has 116 valence electrons. The van der Waals surface area contributed by atoms with Crippen molar-refractivity contribution in [1.82, 2.24) is 0 Å². The van der Waals surface area contributed by atoms with Gasteiger partial charge in [-0.3, -0.25) is 4.79 Å². The van der Waals surface area contributed by atoms with Gasteiger partial charge in [0.25, 0.3) is 0 Å². The van der Waals surface area contributed by atoms with E-state index in [2.05, 4.69) is 33.8 Å². The Morgan fingerprint density at radius 2 is 1.65 bits per heavy atom. The third kappa shape index (κ3) is 13.4. The number of allylic oxidation sites excluding steroid dienone is 3. The molecule has 0 heterocycles. The van der Waals surface area contributed by atoms with Crippen LogP contribution in [0.25, 0.3) is 0 Å². The Kier molecular flexibility index (Phi) is 12.3. The second-order valence-electron chi connectivity index (χ2n) is 5.72. The number of ether oxygens (including phenoxy) is 1. The van der Waals surface area contributed by atoms with Crippen LogP contribution in [0.3, 0.4) is 0 Å². The first-order chi connectivity index (χ1) is 9.56. The molecule has 2 nitrogen and oxygen atoms in total. The molecule has 2 heteroatoms. The number of hydrogen-bond donors (Lipinski definition) is 0. The molecule has 0 aliphatic heterocycles. The fraction of sp³-hybridized carbons (Fsp3) is 0.722. The van der Waals surface area contributed by atoms with Crippen LogP contribution in [-0.2, 0) is 9.53 Å². The summed E-state index contributed by atoms with van der Waals surface area (Å²) in [4.78, 5) is 11.5. The number of carbonyl (C=O) groups is 1. The first kappa shape index (κ1) is 18.9. The molecule has 0 amide bonds. The molecule has 0 radical (unpaired) electrons. The topological polar surface area (TPSA) is 26.3 Å². The molecule has 0 atom stereocenters. The Morgan fingerprint density at radius 3 is 2.30 bits per heavy atom. The van der Waals surface area contributed by atoms with Gasteiger partial charge in [0.15, 0.2) is 0 Å². The number of unbranched alkanes of at least 4 members (excludes halogenated alkanes) is 4. The second-order valence-corrected chi connectivity index (χ2v) is 5.72. The van der Waals surface area contributed by atoms with Crippen LogP contribution in [0.1, 0.15) is 79.1 Å². The molecule has 0 N–H and O–H groups in total. The van der Waals surface area contributed by atoms with Crippen molar-refractivity contribution in [1.29, 1.82) is 0 Å². The van der Waals surface area contributed by atoms with E-state index in [0.717, 1.165) is 25.7 Å². The predicted octanol–water partition coefficient (Wildman–Crippen LogP) is 5.58. The molecule has 0 saturated heterocycles. The maximum Gasteiger partial charge on any atom is 0.306 e. The molecule has 0 aromatic heterocycles. The van der Waals surface area contributed by atoms with Crippen LogP contribution in [0.2, 0.25) is 0 Å². The fourth-order valence-corrected chi connectivity index (χ4v) is 1.91. The van der Waals surface area contributed by atoms with Gasteiger partial charge in [-0.1, -0.05) is 49.8 Å². The molecule has 0 unspecified atom stereocenters. The Bertz CT molecular complexity index is 309. The van der Waals surface area contributed by atoms with Gasteiger partial charge in [0.2, 0.25) is 0 Å². The summed E-state index contributed by atoms with van der Waals surface area (Å²) in [5.74, 6) is -0.0603. The van der Waals surface area contributed by atoms with Gasteiger partial charge in [-0.15, -0.1) is 0 Å². The Hall–Kier alpha value is -1.05. The lowest BCUT2D eigenvalue weighted by Crippen LogP contribution is -2.04. The molecule has 0 saturated carbocycles. The highest BCUT2D eigenvalue weighted by atomic mass is 16.5. The first-order valence-electron chi connectivity index (χ1n) is 8.00. The Morgan fingerprint density at radius 1 is 0.950 bits per heavy atom. The minimum Gasteiger partial charge on any atom is -0.461 e. The average molecular weight is 280 g/mol. The first-order valence-corrected chi connectivity index (χ1v) is 8.00. The predicted molar refractivity (Wildman–Crippen MR) is 86.8 cm³/mol. The highest BCUT2D eigenvalue weighted by Gasteiger charge is 2.01. The third-order valence-electron chi connectivity index (χ3n) is 3.25. The van der Waals surface area contributed by atoms with E-state index in [4.69, 9.17) is 4.74 Å². The highest BCUT2D eigenvalue weighted by molar-refractivity contribution is 5.69. The quantitative estimate of drug-likeness (QED) is 0.280. The molecule has 0 spiro atoms. The smallest absolute Gasteiger partial charge is 0.306 e. The second kappa shape index (κ2) is 13.0. The number of esters is 1. The summed E-state index contributed by atoms with van der Waals surface area (Å²) >= 11 is 0. The normalized spacial score (nSPS) is 11.3. The minimum absolute atomic E-state index is 0.0603. The van der Waals surface area contributed by atoms with E-state index >= 15 is 0 Å². The van der Waals surface area contributed by atoms with Gasteiger partial charge in [0.1, 0.15) is 6.61 Å². The zero-order chi connectivity index (χ0) is 15.2. The zero-order valence-corrected chi connectivity index (χ0v) is 13.8. The van der Waals surface area contributed by atoms with Crippen molar-refractivity contribution < 1.29 is 9.53 Å². The molecule has 0 bridgehead atoms. The number of carbonyl (C=O) groups excluding carboxylic acids is 1. The molecule has 0 fully saturated rings. The van der Waals surface area contributed by atoms with E-state index < -0.39 is 0 Å². The van der Waals surface area contributed by atoms with Crippen molar-refractivity contribution in [2.75, 3.05) is 6.61 Å². The van der Waals surface area contributed by atoms with Crippen molar-refractivity contribution in [3.05, 3.63) is 23.3 Å². The SMILES string of the molecule is CCCCCCCC(=O)OC/C=C(\C)CCC=C(C)C. The van der Waals surface area contributed by atoms with Gasteiger partial charge < -0.3 is 4.74 Å². The summed E-state index contributed by atoms with van der Waals surface area (Å²) in [6, 6.07) is 0. The number of hydrogen-bond acceptors (Lipinski definition) is 2. The van der Waals surface area contributed by atoms with E-state index in [1.54, 1.807) is 0 Å². The lowest BCUT2D eigenvalue weighted by Gasteiger charge is -2.03. The standard InChI is InChI=1S/C18H32O2/c1-5-6-7-8-9-13-18(19)20-15-14-17(4)12-10-11-16(2)3/h11,14H,5-10,12-13,15H2,1-4H3/b17-14+. The summed E-state index contributed by atoms with van der Waals surface area (Å²) in [6.07, 6.45) is 12.8. The van der Waals surface area contributed by atoms with Crippen LogP contribution in [0.5, 0.6) is 0 Å². The van der Waals surface area contributed by atoms with Crippen molar-refractivity contribution in [3.63, 3.8) is 0 Å². The van der Waals surface area contributed by atoms with Gasteiger partial charge in [-0.25, -0.2) is 0 Å². The van der Waals surface area contributed by atoms with Crippen LogP contribution >= 0.6 is 0 Å². The van der Waals surface area contributed by atoms with Gasteiger partial charge in [-0.2, -0.15) is 0 Å². The molecule has 0 rings (SSSR count). The van der Waals surface area contributed by atoms with Crippen molar-refractivity contribution in [2.45, 2.75) is 79.1 Å². The van der Waals surface area contributed by atoms with Gasteiger partial charge in [0, 0.05) is 6.42 Å². The third-order valence-corrected chi connectivity index (χ3v) is 3.25. The van der Waals surface area contributed by atoms with Crippen LogP contribution in [0.4, 0.5) is 0 Å². The van der Waals surface area contributed by atoms with E-state index in [1.165, 1.54) is 30.4 Å². The summed E-state index contributed by atoms with van der Waals surface area (Å²) < 4.78 is 5.22. The monoisotopic (exact) mass is 280 g/mol. The molecular formula is C18H32O2. The molecular weight excluding hydrogens is 248 g/mol. The number of rotatable bonds is 11. The Balaban J connectivity index is 3.60. The summed E-state index contributed by atoms with van der Waals surface area (Å²) in [6.45, 7) is 8.94. The average Bonchev–Trinajstić information content (AvgIpc) is 2.38. The summed E-state index contributed by atoms with van der Waals surface area (Å²) in [5.41, 5.74) is 2.64. The molecule has 0 aliphatic rings. The van der Waals surface area contributed by atoms with E-state index in [1.807, 2.05) is 6.08 Å². The van der Waals surface area contributed by atoms with Crippen molar-refractivity contribution >= 4 is 5.97 Å².